The fourth-order valence-electron chi connectivity index (χ4n) is 4.82. The highest BCUT2D eigenvalue weighted by atomic mass is 16.4. The second kappa shape index (κ2) is 9.66. The van der Waals surface area contributed by atoms with Gasteiger partial charge in [-0.25, -0.2) is 4.79 Å². The number of nitrogens with zero attached hydrogens (tertiary/aromatic N) is 3. The van der Waals surface area contributed by atoms with Crippen molar-refractivity contribution < 1.29 is 14.7 Å². The van der Waals surface area contributed by atoms with Crippen LogP contribution in [-0.2, 0) is 16.0 Å². The molecule has 0 saturated carbocycles. The number of carbonyl (C=O) groups excluding carboxylic acids is 1. The molecule has 1 amide bonds. The lowest BCUT2D eigenvalue weighted by molar-refractivity contribution is -0.129. The summed E-state index contributed by atoms with van der Waals surface area (Å²) in [6.45, 7) is 5.23. The van der Waals surface area contributed by atoms with E-state index in [1.807, 2.05) is 18.2 Å². The standard InChI is InChI=1S/C30H27N3O3/c1-20-16-21(2)18-25(17-20)32-15-7-9-23-19-22(13-14-27(23)32)8-6-12-26-28(30(35)36)31-33(29(26)34)24-10-4-3-5-11-24/h3-6,8,10-14,16-19H,7,9,15H2,1-2H3,(H,35,36)/b8-6+,26-12-. The summed E-state index contributed by atoms with van der Waals surface area (Å²) in [4.78, 5) is 27.0. The van der Waals surface area contributed by atoms with Crippen LogP contribution < -0.4 is 9.91 Å². The maximum Gasteiger partial charge on any atom is 0.357 e. The lowest BCUT2D eigenvalue weighted by Crippen LogP contribution is -2.24. The van der Waals surface area contributed by atoms with Gasteiger partial charge in [-0.15, -0.1) is 0 Å². The molecule has 0 unspecified atom stereocenters. The first kappa shape index (κ1) is 23.3. The fourth-order valence-corrected chi connectivity index (χ4v) is 4.82. The summed E-state index contributed by atoms with van der Waals surface area (Å²) in [5.74, 6) is -1.69. The van der Waals surface area contributed by atoms with E-state index < -0.39 is 11.9 Å². The Morgan fingerprint density at radius 1 is 0.972 bits per heavy atom. The Hall–Kier alpha value is -4.45. The molecule has 3 aromatic carbocycles. The predicted octanol–water partition coefficient (Wildman–Crippen LogP) is 5.81. The van der Waals surface area contributed by atoms with Crippen LogP contribution >= 0.6 is 0 Å². The molecule has 3 aromatic rings. The lowest BCUT2D eigenvalue weighted by atomic mass is 9.97. The number of aryl methyl sites for hydroxylation is 3. The molecule has 2 heterocycles. The minimum Gasteiger partial charge on any atom is -0.476 e. The van der Waals surface area contributed by atoms with Crippen molar-refractivity contribution >= 4 is 40.7 Å². The first-order chi connectivity index (χ1) is 17.4. The second-order valence-electron chi connectivity index (χ2n) is 9.13. The summed E-state index contributed by atoms with van der Waals surface area (Å²) in [5, 5.41) is 14.8. The fraction of sp³-hybridized carbons (Fsp3) is 0.167. The van der Waals surface area contributed by atoms with Gasteiger partial charge in [0, 0.05) is 17.9 Å². The molecule has 0 atom stereocenters. The molecule has 6 heteroatoms. The van der Waals surface area contributed by atoms with Crippen molar-refractivity contribution in [2.45, 2.75) is 26.7 Å². The Kier molecular flexibility index (Phi) is 6.25. The number of anilines is 3. The first-order valence-electron chi connectivity index (χ1n) is 12.0. The van der Waals surface area contributed by atoms with Crippen molar-refractivity contribution in [3.63, 3.8) is 0 Å². The van der Waals surface area contributed by atoms with E-state index in [1.54, 1.807) is 30.3 Å². The number of carboxylic acids is 1. The van der Waals surface area contributed by atoms with Gasteiger partial charge in [0.05, 0.1) is 11.3 Å². The summed E-state index contributed by atoms with van der Waals surface area (Å²) in [6, 6.07) is 21.8. The van der Waals surface area contributed by atoms with Crippen LogP contribution in [0.4, 0.5) is 17.1 Å². The maximum atomic E-state index is 12.9. The van der Waals surface area contributed by atoms with E-state index in [9.17, 15) is 14.7 Å². The number of rotatable bonds is 5. The molecular formula is C30H27N3O3. The zero-order chi connectivity index (χ0) is 25.2. The van der Waals surface area contributed by atoms with E-state index in [4.69, 9.17) is 0 Å². The van der Waals surface area contributed by atoms with E-state index in [1.165, 1.54) is 34.1 Å². The van der Waals surface area contributed by atoms with Crippen LogP contribution in [0.15, 0.2) is 89.6 Å². The molecule has 36 heavy (non-hydrogen) atoms. The van der Waals surface area contributed by atoms with Crippen LogP contribution in [0.3, 0.4) is 0 Å². The van der Waals surface area contributed by atoms with Crippen molar-refractivity contribution in [1.82, 2.24) is 0 Å². The Morgan fingerprint density at radius 2 is 1.72 bits per heavy atom. The summed E-state index contributed by atoms with van der Waals surface area (Å²) in [7, 11) is 0. The molecule has 180 valence electrons. The maximum absolute atomic E-state index is 12.9. The van der Waals surface area contributed by atoms with Crippen molar-refractivity contribution in [2.75, 3.05) is 16.5 Å². The average molecular weight is 478 g/mol. The van der Waals surface area contributed by atoms with Gasteiger partial charge in [-0.2, -0.15) is 10.1 Å². The number of hydrogen-bond acceptors (Lipinski definition) is 4. The van der Waals surface area contributed by atoms with E-state index in [-0.39, 0.29) is 11.3 Å². The van der Waals surface area contributed by atoms with Gasteiger partial charge in [0.1, 0.15) is 0 Å². The van der Waals surface area contributed by atoms with Crippen LogP contribution in [0.1, 0.15) is 28.7 Å². The molecule has 0 aliphatic carbocycles. The smallest absolute Gasteiger partial charge is 0.357 e. The third kappa shape index (κ3) is 4.58. The largest absolute Gasteiger partial charge is 0.476 e. The normalized spacial score (nSPS) is 16.6. The average Bonchev–Trinajstić information content (AvgIpc) is 3.20. The molecule has 0 fully saturated rings. The van der Waals surface area contributed by atoms with Crippen LogP contribution in [-0.4, -0.2) is 29.2 Å². The number of aliphatic carboxylic acids is 1. The molecule has 2 aliphatic heterocycles. The zero-order valence-corrected chi connectivity index (χ0v) is 20.3. The highest BCUT2D eigenvalue weighted by Gasteiger charge is 2.34. The zero-order valence-electron chi connectivity index (χ0n) is 20.3. The summed E-state index contributed by atoms with van der Waals surface area (Å²) in [6.07, 6.45) is 7.20. The topological polar surface area (TPSA) is 73.2 Å². The number of amides is 1. The van der Waals surface area contributed by atoms with Gasteiger partial charge in [-0.1, -0.05) is 42.5 Å². The predicted molar refractivity (Wildman–Crippen MR) is 144 cm³/mol. The third-order valence-corrected chi connectivity index (χ3v) is 6.37. The molecule has 0 radical (unpaired) electrons. The molecule has 2 aliphatic rings. The number of hydrazone groups is 1. The first-order valence-corrected chi connectivity index (χ1v) is 12.0. The Balaban J connectivity index is 1.40. The van der Waals surface area contributed by atoms with E-state index in [0.717, 1.165) is 30.0 Å². The van der Waals surface area contributed by atoms with Gasteiger partial charge in [0.15, 0.2) is 5.71 Å². The highest BCUT2D eigenvalue weighted by molar-refractivity contribution is 6.52. The van der Waals surface area contributed by atoms with Gasteiger partial charge in [-0.05, 0) is 91.4 Å². The summed E-state index contributed by atoms with van der Waals surface area (Å²) < 4.78 is 0. The van der Waals surface area contributed by atoms with Gasteiger partial charge in [-0.3, -0.25) is 4.79 Å². The number of fused-ring (bicyclic) bond motifs is 1. The van der Waals surface area contributed by atoms with E-state index in [2.05, 4.69) is 54.2 Å². The molecule has 1 N–H and O–H groups in total. The molecular weight excluding hydrogens is 450 g/mol. The van der Waals surface area contributed by atoms with Crippen molar-refractivity contribution in [1.29, 1.82) is 0 Å². The number of benzene rings is 3. The number of allylic oxidation sites excluding steroid dienone is 2. The third-order valence-electron chi connectivity index (χ3n) is 6.37. The molecule has 5 rings (SSSR count). The van der Waals surface area contributed by atoms with Gasteiger partial charge in [0.25, 0.3) is 5.91 Å². The van der Waals surface area contributed by atoms with Crippen molar-refractivity contribution in [3.8, 4) is 0 Å². The van der Waals surface area contributed by atoms with E-state index >= 15 is 0 Å². The Morgan fingerprint density at radius 3 is 2.44 bits per heavy atom. The van der Waals surface area contributed by atoms with Crippen molar-refractivity contribution in [2.24, 2.45) is 5.10 Å². The Bertz CT molecular complexity index is 1420. The lowest BCUT2D eigenvalue weighted by Gasteiger charge is -2.32. The summed E-state index contributed by atoms with van der Waals surface area (Å²) in [5.41, 5.74) is 7.52. The van der Waals surface area contributed by atoms with Crippen LogP contribution in [0, 0.1) is 13.8 Å². The molecule has 0 aromatic heterocycles. The minimum atomic E-state index is -1.23. The quantitative estimate of drug-likeness (QED) is 0.471. The number of carbonyl (C=O) groups is 2. The highest BCUT2D eigenvalue weighted by Crippen LogP contribution is 2.35. The van der Waals surface area contributed by atoms with Gasteiger partial charge in [0.2, 0.25) is 0 Å². The minimum absolute atomic E-state index is 0.0570. The molecule has 0 bridgehead atoms. The SMILES string of the molecule is Cc1cc(C)cc(N2CCCc3cc(/C=C/C=C4\C(=O)N(c5ccccc5)N=C4C(=O)O)ccc32)c1. The van der Waals surface area contributed by atoms with Crippen LogP contribution in [0.5, 0.6) is 0 Å². The van der Waals surface area contributed by atoms with Crippen LogP contribution in [0.25, 0.3) is 6.08 Å². The van der Waals surface area contributed by atoms with Gasteiger partial charge >= 0.3 is 5.97 Å². The number of para-hydroxylation sites is 1. The monoisotopic (exact) mass is 477 g/mol. The molecule has 0 saturated heterocycles. The number of hydrogen-bond donors (Lipinski definition) is 1. The molecule has 0 spiro atoms. The van der Waals surface area contributed by atoms with Crippen molar-refractivity contribution in [3.05, 3.63) is 107 Å². The summed E-state index contributed by atoms with van der Waals surface area (Å²) >= 11 is 0. The van der Waals surface area contributed by atoms with E-state index in [0.29, 0.717) is 5.69 Å². The van der Waals surface area contributed by atoms with Crippen LogP contribution in [0.2, 0.25) is 0 Å². The van der Waals surface area contributed by atoms with Gasteiger partial charge < -0.3 is 10.0 Å². The number of carboxylic acid groups (broad SMARTS) is 1. The molecule has 6 nitrogen and oxygen atoms in total. The Labute approximate surface area is 210 Å². The second-order valence-corrected chi connectivity index (χ2v) is 9.13.